The molecule has 0 N–H and O–H groups in total. The van der Waals surface area contributed by atoms with Gasteiger partial charge >= 0.3 is 0 Å². The monoisotopic (exact) mass is 217 g/mol. The van der Waals surface area contributed by atoms with Gasteiger partial charge in [0.15, 0.2) is 12.1 Å². The highest BCUT2D eigenvalue weighted by atomic mass is 16.2. The molecular weight excluding hydrogens is 202 g/mol. The van der Waals surface area contributed by atoms with Crippen LogP contribution < -0.4 is 0 Å². The van der Waals surface area contributed by atoms with E-state index < -0.39 is 0 Å². The number of nitrogens with zero attached hydrogens (tertiary/aromatic N) is 1. The maximum Gasteiger partial charge on any atom is 0.199 e. The second-order valence-corrected chi connectivity index (χ2v) is 4.23. The van der Waals surface area contributed by atoms with Gasteiger partial charge in [0.1, 0.15) is 0 Å². The Hall–Kier alpha value is -1.48. The summed E-state index contributed by atoms with van der Waals surface area (Å²) >= 11 is 0. The van der Waals surface area contributed by atoms with Gasteiger partial charge in [0.05, 0.1) is 0 Å². The molecule has 1 aromatic rings. The first-order valence-electron chi connectivity index (χ1n) is 5.55. The molecule has 3 heteroatoms. The predicted octanol–water partition coefficient (Wildman–Crippen LogP) is 1.28. The SMILES string of the molecule is O=CC(=O)C1CCN(Cc2ccccc2)C1. The summed E-state index contributed by atoms with van der Waals surface area (Å²) in [7, 11) is 0. The van der Waals surface area contributed by atoms with Gasteiger partial charge in [-0.15, -0.1) is 0 Å². The van der Waals surface area contributed by atoms with Crippen LogP contribution in [0.5, 0.6) is 0 Å². The fourth-order valence-corrected chi connectivity index (χ4v) is 2.15. The molecule has 1 heterocycles. The van der Waals surface area contributed by atoms with Gasteiger partial charge in [-0.1, -0.05) is 30.3 Å². The lowest BCUT2D eigenvalue weighted by Gasteiger charge is -2.14. The van der Waals surface area contributed by atoms with Crippen molar-refractivity contribution in [2.24, 2.45) is 5.92 Å². The van der Waals surface area contributed by atoms with Gasteiger partial charge in [-0.05, 0) is 18.5 Å². The van der Waals surface area contributed by atoms with Crippen LogP contribution in [-0.2, 0) is 16.1 Å². The number of rotatable bonds is 4. The molecule has 1 aromatic carbocycles. The normalized spacial score (nSPS) is 20.9. The predicted molar refractivity (Wildman–Crippen MR) is 60.9 cm³/mol. The molecule has 0 radical (unpaired) electrons. The number of hydrogen-bond donors (Lipinski definition) is 0. The van der Waals surface area contributed by atoms with Crippen LogP contribution in [0.4, 0.5) is 0 Å². The number of Topliss-reactive ketones (excluding diaryl/α,β-unsaturated/α-hetero) is 1. The maximum absolute atomic E-state index is 11.2. The summed E-state index contributed by atoms with van der Waals surface area (Å²) in [4.78, 5) is 23.8. The van der Waals surface area contributed by atoms with Crippen molar-refractivity contribution in [1.82, 2.24) is 4.90 Å². The molecule has 16 heavy (non-hydrogen) atoms. The number of carbonyl (C=O) groups excluding carboxylic acids is 2. The van der Waals surface area contributed by atoms with Crippen molar-refractivity contribution in [2.45, 2.75) is 13.0 Å². The van der Waals surface area contributed by atoms with E-state index in [0.29, 0.717) is 12.8 Å². The molecule has 1 aliphatic heterocycles. The smallest absolute Gasteiger partial charge is 0.199 e. The number of aldehydes is 1. The first-order chi connectivity index (χ1) is 7.79. The van der Waals surface area contributed by atoms with Crippen LogP contribution in [0.3, 0.4) is 0 Å². The number of carbonyl (C=O) groups is 2. The molecule has 3 nitrogen and oxygen atoms in total. The van der Waals surface area contributed by atoms with Crippen molar-refractivity contribution in [3.63, 3.8) is 0 Å². The van der Waals surface area contributed by atoms with E-state index in [2.05, 4.69) is 17.0 Å². The summed E-state index contributed by atoms with van der Waals surface area (Å²) < 4.78 is 0. The zero-order valence-corrected chi connectivity index (χ0v) is 9.13. The van der Waals surface area contributed by atoms with E-state index in [4.69, 9.17) is 0 Å². The Morgan fingerprint density at radius 2 is 2.12 bits per heavy atom. The second-order valence-electron chi connectivity index (χ2n) is 4.23. The second kappa shape index (κ2) is 5.03. The van der Waals surface area contributed by atoms with Gasteiger partial charge in [0.25, 0.3) is 0 Å². The molecule has 1 fully saturated rings. The highest BCUT2D eigenvalue weighted by Crippen LogP contribution is 2.18. The molecule has 1 aliphatic rings. The molecule has 0 bridgehead atoms. The summed E-state index contributed by atoms with van der Waals surface area (Å²) in [5.41, 5.74) is 1.25. The fourth-order valence-electron chi connectivity index (χ4n) is 2.15. The Kier molecular flexibility index (Phi) is 3.47. The number of likely N-dealkylation sites (tertiary alicyclic amines) is 1. The molecular formula is C13H15NO2. The largest absolute Gasteiger partial charge is 0.298 e. The molecule has 2 rings (SSSR count). The minimum absolute atomic E-state index is 0.0822. The fraction of sp³-hybridized carbons (Fsp3) is 0.385. The van der Waals surface area contributed by atoms with Crippen molar-refractivity contribution >= 4 is 12.1 Å². The summed E-state index contributed by atoms with van der Waals surface area (Å²) in [6.07, 6.45) is 1.26. The zero-order valence-electron chi connectivity index (χ0n) is 9.13. The van der Waals surface area contributed by atoms with Crippen molar-refractivity contribution < 1.29 is 9.59 Å². The van der Waals surface area contributed by atoms with E-state index in [9.17, 15) is 9.59 Å². The van der Waals surface area contributed by atoms with Crippen LogP contribution in [0.25, 0.3) is 0 Å². The lowest BCUT2D eigenvalue weighted by atomic mass is 10.1. The number of ketones is 1. The average Bonchev–Trinajstić information content (AvgIpc) is 2.78. The summed E-state index contributed by atoms with van der Waals surface area (Å²) in [5.74, 6) is -0.336. The van der Waals surface area contributed by atoms with E-state index in [0.717, 1.165) is 19.5 Å². The van der Waals surface area contributed by atoms with E-state index >= 15 is 0 Å². The molecule has 0 spiro atoms. The topological polar surface area (TPSA) is 37.4 Å². The Bertz CT molecular complexity index is 375. The van der Waals surface area contributed by atoms with Crippen LogP contribution in [0.1, 0.15) is 12.0 Å². The van der Waals surface area contributed by atoms with Crippen molar-refractivity contribution in [2.75, 3.05) is 13.1 Å². The van der Waals surface area contributed by atoms with Crippen LogP contribution in [0.15, 0.2) is 30.3 Å². The summed E-state index contributed by atoms with van der Waals surface area (Å²) in [5, 5.41) is 0. The number of hydrogen-bond acceptors (Lipinski definition) is 3. The first-order valence-corrected chi connectivity index (χ1v) is 5.55. The average molecular weight is 217 g/mol. The maximum atomic E-state index is 11.2. The van der Waals surface area contributed by atoms with Crippen LogP contribution in [-0.4, -0.2) is 30.1 Å². The first kappa shape index (κ1) is 11.0. The van der Waals surface area contributed by atoms with E-state index in [-0.39, 0.29) is 11.7 Å². The molecule has 0 aliphatic carbocycles. The zero-order chi connectivity index (χ0) is 11.4. The summed E-state index contributed by atoms with van der Waals surface area (Å²) in [6, 6.07) is 10.2. The van der Waals surface area contributed by atoms with Crippen LogP contribution in [0, 0.1) is 5.92 Å². The van der Waals surface area contributed by atoms with E-state index in [1.165, 1.54) is 5.56 Å². The minimum atomic E-state index is -0.254. The third-order valence-corrected chi connectivity index (χ3v) is 3.04. The molecule has 0 amide bonds. The van der Waals surface area contributed by atoms with Crippen LogP contribution in [0.2, 0.25) is 0 Å². The molecule has 0 aromatic heterocycles. The van der Waals surface area contributed by atoms with E-state index in [1.807, 2.05) is 18.2 Å². The molecule has 1 saturated heterocycles. The lowest BCUT2D eigenvalue weighted by molar-refractivity contribution is -0.132. The van der Waals surface area contributed by atoms with Crippen molar-refractivity contribution in [3.05, 3.63) is 35.9 Å². The standard InChI is InChI=1S/C13H15NO2/c15-10-13(16)12-6-7-14(9-12)8-11-4-2-1-3-5-11/h1-5,10,12H,6-9H2. The Morgan fingerprint density at radius 1 is 1.38 bits per heavy atom. The Balaban J connectivity index is 1.90. The Morgan fingerprint density at radius 3 is 2.81 bits per heavy atom. The molecule has 1 atom stereocenters. The van der Waals surface area contributed by atoms with Crippen molar-refractivity contribution in [3.8, 4) is 0 Å². The van der Waals surface area contributed by atoms with Gasteiger partial charge in [-0.2, -0.15) is 0 Å². The van der Waals surface area contributed by atoms with Gasteiger partial charge in [0.2, 0.25) is 0 Å². The highest BCUT2D eigenvalue weighted by Gasteiger charge is 2.27. The molecule has 1 unspecified atom stereocenters. The van der Waals surface area contributed by atoms with Gasteiger partial charge in [-0.25, -0.2) is 0 Å². The van der Waals surface area contributed by atoms with Gasteiger partial charge in [0, 0.05) is 19.0 Å². The third kappa shape index (κ3) is 2.55. The van der Waals surface area contributed by atoms with Gasteiger partial charge < -0.3 is 0 Å². The van der Waals surface area contributed by atoms with E-state index in [1.54, 1.807) is 0 Å². The third-order valence-electron chi connectivity index (χ3n) is 3.04. The van der Waals surface area contributed by atoms with Crippen molar-refractivity contribution in [1.29, 1.82) is 0 Å². The minimum Gasteiger partial charge on any atom is -0.298 e. The Labute approximate surface area is 95.1 Å². The van der Waals surface area contributed by atoms with Gasteiger partial charge in [-0.3, -0.25) is 14.5 Å². The quantitative estimate of drug-likeness (QED) is 0.563. The van der Waals surface area contributed by atoms with Crippen LogP contribution >= 0.6 is 0 Å². The summed E-state index contributed by atoms with van der Waals surface area (Å²) in [6.45, 7) is 2.48. The molecule has 0 saturated carbocycles. The number of benzene rings is 1. The highest BCUT2D eigenvalue weighted by molar-refractivity contribution is 6.26. The molecule has 84 valence electrons. The lowest BCUT2D eigenvalue weighted by Crippen LogP contribution is -2.23.